The lowest BCUT2D eigenvalue weighted by Gasteiger charge is -2.02. The summed E-state index contributed by atoms with van der Waals surface area (Å²) < 4.78 is 24.7. The first-order valence-corrected chi connectivity index (χ1v) is 5.63. The molecule has 1 aliphatic rings. The molecule has 0 amide bonds. The van der Waals surface area contributed by atoms with Gasteiger partial charge in [0, 0.05) is 13.0 Å². The Labute approximate surface area is 72.6 Å². The van der Waals surface area contributed by atoms with E-state index >= 15 is 0 Å². The fourth-order valence-corrected chi connectivity index (χ4v) is 2.40. The standard InChI is InChI=1S/C7H12N2O2S/c8-4-1-5-9-12(10,11)6-7-2-3-7/h7,9H,1-3,5-6H2. The molecule has 0 aromatic carbocycles. The normalized spacial score (nSPS) is 17.2. The van der Waals surface area contributed by atoms with Crippen LogP contribution in [0.5, 0.6) is 0 Å². The minimum absolute atomic E-state index is 0.235. The molecule has 0 aromatic heterocycles. The zero-order valence-corrected chi connectivity index (χ0v) is 7.60. The molecule has 12 heavy (non-hydrogen) atoms. The molecule has 0 heterocycles. The van der Waals surface area contributed by atoms with E-state index in [1.54, 1.807) is 0 Å². The van der Waals surface area contributed by atoms with Crippen molar-refractivity contribution in [3.8, 4) is 6.07 Å². The Morgan fingerprint density at radius 2 is 2.17 bits per heavy atom. The number of nitrogens with one attached hydrogen (secondary N) is 1. The van der Waals surface area contributed by atoms with Crippen molar-refractivity contribution in [2.24, 2.45) is 5.92 Å². The largest absolute Gasteiger partial charge is 0.214 e. The maximum Gasteiger partial charge on any atom is 0.211 e. The molecule has 5 heteroatoms. The Morgan fingerprint density at radius 1 is 1.50 bits per heavy atom. The summed E-state index contributed by atoms with van der Waals surface area (Å²) in [7, 11) is -3.09. The highest BCUT2D eigenvalue weighted by molar-refractivity contribution is 7.89. The molecule has 0 atom stereocenters. The van der Waals surface area contributed by atoms with Gasteiger partial charge in [-0.25, -0.2) is 13.1 Å². The molecule has 1 fully saturated rings. The summed E-state index contributed by atoms with van der Waals surface area (Å²) in [6, 6.07) is 1.88. The second-order valence-corrected chi connectivity index (χ2v) is 4.88. The minimum Gasteiger partial charge on any atom is -0.214 e. The number of hydrogen-bond donors (Lipinski definition) is 1. The van der Waals surface area contributed by atoms with Crippen molar-refractivity contribution in [1.82, 2.24) is 4.72 Å². The second kappa shape index (κ2) is 3.87. The van der Waals surface area contributed by atoms with Crippen LogP contribution in [0.15, 0.2) is 0 Å². The number of rotatable bonds is 5. The topological polar surface area (TPSA) is 70.0 Å². The highest BCUT2D eigenvalue weighted by atomic mass is 32.2. The third-order valence-electron chi connectivity index (χ3n) is 1.71. The van der Waals surface area contributed by atoms with E-state index in [4.69, 9.17) is 5.26 Å². The average molecular weight is 188 g/mol. The molecule has 0 saturated heterocycles. The van der Waals surface area contributed by atoms with Crippen LogP contribution in [0.1, 0.15) is 19.3 Å². The van der Waals surface area contributed by atoms with Crippen LogP contribution in [0.2, 0.25) is 0 Å². The maximum atomic E-state index is 11.1. The molecular formula is C7H12N2O2S. The Bertz CT molecular complexity index is 274. The van der Waals surface area contributed by atoms with E-state index in [1.807, 2.05) is 6.07 Å². The number of nitriles is 1. The van der Waals surface area contributed by atoms with Gasteiger partial charge in [-0.05, 0) is 18.8 Å². The van der Waals surface area contributed by atoms with E-state index < -0.39 is 10.0 Å². The van der Waals surface area contributed by atoms with E-state index in [2.05, 4.69) is 4.72 Å². The van der Waals surface area contributed by atoms with Gasteiger partial charge in [0.15, 0.2) is 0 Å². The Kier molecular flexibility index (Phi) is 3.06. The summed E-state index contributed by atoms with van der Waals surface area (Å²) in [4.78, 5) is 0. The third kappa shape index (κ3) is 3.69. The monoisotopic (exact) mass is 188 g/mol. The summed E-state index contributed by atoms with van der Waals surface area (Å²) in [5.41, 5.74) is 0. The minimum atomic E-state index is -3.09. The van der Waals surface area contributed by atoms with Crippen molar-refractivity contribution < 1.29 is 8.42 Å². The van der Waals surface area contributed by atoms with Gasteiger partial charge in [0.2, 0.25) is 10.0 Å². The lowest BCUT2D eigenvalue weighted by molar-refractivity contribution is 0.578. The van der Waals surface area contributed by atoms with Crippen LogP contribution in [-0.4, -0.2) is 20.7 Å². The molecule has 1 rings (SSSR count). The maximum absolute atomic E-state index is 11.1. The molecule has 1 aliphatic carbocycles. The van der Waals surface area contributed by atoms with E-state index in [1.165, 1.54) is 0 Å². The molecule has 68 valence electrons. The molecule has 0 bridgehead atoms. The van der Waals surface area contributed by atoms with Gasteiger partial charge in [-0.2, -0.15) is 5.26 Å². The molecule has 1 N–H and O–H groups in total. The molecule has 0 radical (unpaired) electrons. The molecule has 0 aliphatic heterocycles. The summed E-state index contributed by atoms with van der Waals surface area (Å²) >= 11 is 0. The van der Waals surface area contributed by atoms with Gasteiger partial charge in [-0.1, -0.05) is 0 Å². The van der Waals surface area contributed by atoms with E-state index in [-0.39, 0.29) is 18.7 Å². The smallest absolute Gasteiger partial charge is 0.211 e. The molecule has 4 nitrogen and oxygen atoms in total. The number of nitrogens with zero attached hydrogens (tertiary/aromatic N) is 1. The fourth-order valence-electron chi connectivity index (χ4n) is 0.916. The highest BCUT2D eigenvalue weighted by Crippen LogP contribution is 2.29. The lowest BCUT2D eigenvalue weighted by Crippen LogP contribution is -2.27. The van der Waals surface area contributed by atoms with Crippen LogP contribution in [-0.2, 0) is 10.0 Å². The summed E-state index contributed by atoms with van der Waals surface area (Å²) in [6.07, 6.45) is 2.29. The highest BCUT2D eigenvalue weighted by Gasteiger charge is 2.27. The van der Waals surface area contributed by atoms with Crippen LogP contribution in [0.25, 0.3) is 0 Å². The van der Waals surface area contributed by atoms with Gasteiger partial charge in [0.25, 0.3) is 0 Å². The van der Waals surface area contributed by atoms with Gasteiger partial charge >= 0.3 is 0 Å². The van der Waals surface area contributed by atoms with Gasteiger partial charge < -0.3 is 0 Å². The van der Waals surface area contributed by atoms with Crippen LogP contribution < -0.4 is 4.72 Å². The van der Waals surface area contributed by atoms with Gasteiger partial charge in [-0.15, -0.1) is 0 Å². The molecule has 0 aromatic rings. The van der Waals surface area contributed by atoms with Crippen LogP contribution in [0, 0.1) is 17.2 Å². The van der Waals surface area contributed by atoms with E-state index in [0.717, 1.165) is 12.8 Å². The molecule has 1 saturated carbocycles. The van der Waals surface area contributed by atoms with Crippen molar-refractivity contribution in [1.29, 1.82) is 5.26 Å². The van der Waals surface area contributed by atoms with Crippen molar-refractivity contribution in [3.63, 3.8) is 0 Å². The predicted molar refractivity (Wildman–Crippen MR) is 44.7 cm³/mol. The van der Waals surface area contributed by atoms with Crippen LogP contribution in [0.3, 0.4) is 0 Å². The second-order valence-electron chi connectivity index (χ2n) is 3.03. The summed E-state index contributed by atoms with van der Waals surface area (Å²) in [5.74, 6) is 0.600. The van der Waals surface area contributed by atoms with Crippen molar-refractivity contribution in [2.45, 2.75) is 19.3 Å². The van der Waals surface area contributed by atoms with Crippen molar-refractivity contribution in [3.05, 3.63) is 0 Å². The first-order valence-electron chi connectivity index (χ1n) is 3.98. The van der Waals surface area contributed by atoms with Crippen molar-refractivity contribution >= 4 is 10.0 Å². The summed E-state index contributed by atoms with van der Waals surface area (Å²) in [5, 5.41) is 8.17. The third-order valence-corrected chi connectivity index (χ3v) is 3.27. The SMILES string of the molecule is N#CCCNS(=O)(=O)CC1CC1. The number of hydrogen-bond acceptors (Lipinski definition) is 3. The Hall–Kier alpha value is -0.600. The molecule has 0 unspecified atom stereocenters. The molecule has 0 spiro atoms. The van der Waals surface area contributed by atoms with Crippen LogP contribution >= 0.6 is 0 Å². The Balaban J connectivity index is 2.23. The first-order chi connectivity index (χ1) is 5.64. The average Bonchev–Trinajstić information content (AvgIpc) is 2.71. The van der Waals surface area contributed by atoms with E-state index in [9.17, 15) is 8.42 Å². The van der Waals surface area contributed by atoms with Gasteiger partial charge in [-0.3, -0.25) is 0 Å². The van der Waals surface area contributed by atoms with E-state index in [0.29, 0.717) is 5.92 Å². The zero-order valence-electron chi connectivity index (χ0n) is 6.78. The van der Waals surface area contributed by atoms with Crippen molar-refractivity contribution in [2.75, 3.05) is 12.3 Å². The summed E-state index contributed by atoms with van der Waals surface area (Å²) in [6.45, 7) is 0.242. The lowest BCUT2D eigenvalue weighted by atomic mass is 10.5. The molecular weight excluding hydrogens is 176 g/mol. The Morgan fingerprint density at radius 3 is 2.67 bits per heavy atom. The predicted octanol–water partition coefficient (Wildman–Crippen LogP) is 0.229. The zero-order chi connectivity index (χ0) is 9.03. The van der Waals surface area contributed by atoms with Gasteiger partial charge in [0.1, 0.15) is 0 Å². The fraction of sp³-hybridized carbons (Fsp3) is 0.857. The quantitative estimate of drug-likeness (QED) is 0.628. The number of sulfonamides is 1. The first kappa shape index (κ1) is 9.49. The van der Waals surface area contributed by atoms with Crippen LogP contribution in [0.4, 0.5) is 0 Å². The van der Waals surface area contributed by atoms with Gasteiger partial charge in [0.05, 0.1) is 11.8 Å².